The van der Waals surface area contributed by atoms with Crippen molar-refractivity contribution < 1.29 is 14.7 Å². The number of piperidine rings is 1. The molecule has 1 aliphatic carbocycles. The fourth-order valence-corrected chi connectivity index (χ4v) is 4.03. The minimum atomic E-state index is -0.796. The van der Waals surface area contributed by atoms with Gasteiger partial charge in [-0.25, -0.2) is 0 Å². The molecule has 6 nitrogen and oxygen atoms in total. The van der Waals surface area contributed by atoms with Crippen LogP contribution < -0.4 is 5.32 Å². The molecule has 1 aromatic heterocycles. The number of hydrogen-bond acceptors (Lipinski definition) is 4. The Morgan fingerprint density at radius 1 is 1.16 bits per heavy atom. The zero-order valence-corrected chi connectivity index (χ0v) is 14.8. The van der Waals surface area contributed by atoms with E-state index in [1.165, 1.54) is 19.3 Å². The summed E-state index contributed by atoms with van der Waals surface area (Å²) in [6, 6.07) is 4.11. The molecule has 2 N–H and O–H groups in total. The van der Waals surface area contributed by atoms with Crippen LogP contribution in [0.1, 0.15) is 44.2 Å². The lowest BCUT2D eigenvalue weighted by Gasteiger charge is -2.41. The first kappa shape index (κ1) is 17.9. The van der Waals surface area contributed by atoms with Crippen LogP contribution in [-0.4, -0.2) is 46.0 Å². The molecule has 0 unspecified atom stereocenters. The SMILES string of the molecule is Cc1ccc(NC(=O)[C@H]2C[C@@H](C(=O)O)CN(C3CCCCC3)C2)cn1. The lowest BCUT2D eigenvalue weighted by atomic mass is 9.85. The predicted octanol–water partition coefficient (Wildman–Crippen LogP) is 2.68. The van der Waals surface area contributed by atoms with E-state index >= 15 is 0 Å². The van der Waals surface area contributed by atoms with Gasteiger partial charge in [0.2, 0.25) is 5.91 Å². The van der Waals surface area contributed by atoms with Gasteiger partial charge < -0.3 is 10.4 Å². The number of carbonyl (C=O) groups excluding carboxylic acids is 1. The van der Waals surface area contributed by atoms with E-state index in [2.05, 4.69) is 15.2 Å². The molecule has 1 aliphatic heterocycles. The Hall–Kier alpha value is -1.95. The summed E-state index contributed by atoms with van der Waals surface area (Å²) in [6.07, 6.45) is 7.94. The van der Waals surface area contributed by atoms with Gasteiger partial charge in [-0.15, -0.1) is 0 Å². The number of likely N-dealkylation sites (tertiary alicyclic amines) is 1. The summed E-state index contributed by atoms with van der Waals surface area (Å²) in [4.78, 5) is 30.7. The Morgan fingerprint density at radius 2 is 1.88 bits per heavy atom. The van der Waals surface area contributed by atoms with Crippen molar-refractivity contribution in [2.75, 3.05) is 18.4 Å². The standard InChI is InChI=1S/C19H27N3O3/c1-13-7-8-16(10-20-13)21-18(23)14-9-15(19(24)25)12-22(11-14)17-5-3-2-4-6-17/h7-8,10,14-15,17H,2-6,9,11-12H2,1H3,(H,21,23)(H,24,25)/t14-,15+/m0/s1. The average Bonchev–Trinajstić information content (AvgIpc) is 2.64. The second-order valence-corrected chi connectivity index (χ2v) is 7.39. The van der Waals surface area contributed by atoms with Crippen LogP contribution in [0.5, 0.6) is 0 Å². The van der Waals surface area contributed by atoms with Crippen molar-refractivity contribution in [3.63, 3.8) is 0 Å². The molecule has 25 heavy (non-hydrogen) atoms. The molecule has 2 heterocycles. The number of rotatable bonds is 4. The number of amides is 1. The van der Waals surface area contributed by atoms with Gasteiger partial charge in [-0.2, -0.15) is 0 Å². The van der Waals surface area contributed by atoms with E-state index in [0.29, 0.717) is 31.2 Å². The maximum Gasteiger partial charge on any atom is 0.307 e. The summed E-state index contributed by atoms with van der Waals surface area (Å²) in [5, 5.41) is 12.4. The second-order valence-electron chi connectivity index (χ2n) is 7.39. The maximum absolute atomic E-state index is 12.7. The number of aromatic nitrogens is 1. The first-order valence-corrected chi connectivity index (χ1v) is 9.23. The highest BCUT2D eigenvalue weighted by molar-refractivity contribution is 5.93. The van der Waals surface area contributed by atoms with Crippen molar-refractivity contribution in [3.8, 4) is 0 Å². The molecule has 0 bridgehead atoms. The predicted molar refractivity (Wildman–Crippen MR) is 95.3 cm³/mol. The number of pyridine rings is 1. The Bertz CT molecular complexity index is 611. The smallest absolute Gasteiger partial charge is 0.307 e. The van der Waals surface area contributed by atoms with Gasteiger partial charge in [0.05, 0.1) is 23.7 Å². The first-order chi connectivity index (χ1) is 12.0. The van der Waals surface area contributed by atoms with E-state index in [4.69, 9.17) is 0 Å². The summed E-state index contributed by atoms with van der Waals surface area (Å²) >= 11 is 0. The quantitative estimate of drug-likeness (QED) is 0.877. The fraction of sp³-hybridized carbons (Fsp3) is 0.632. The van der Waals surface area contributed by atoms with Crippen LogP contribution in [0.3, 0.4) is 0 Å². The minimum absolute atomic E-state index is 0.0996. The van der Waals surface area contributed by atoms with E-state index in [-0.39, 0.29) is 11.8 Å². The number of anilines is 1. The molecule has 1 amide bonds. The van der Waals surface area contributed by atoms with Gasteiger partial charge in [0, 0.05) is 24.8 Å². The molecule has 0 radical (unpaired) electrons. The largest absolute Gasteiger partial charge is 0.481 e. The number of carboxylic acids is 1. The van der Waals surface area contributed by atoms with Crippen LogP contribution in [-0.2, 0) is 9.59 Å². The van der Waals surface area contributed by atoms with Crippen molar-refractivity contribution in [3.05, 3.63) is 24.0 Å². The van der Waals surface area contributed by atoms with E-state index in [0.717, 1.165) is 18.5 Å². The molecule has 3 rings (SSSR count). The van der Waals surface area contributed by atoms with Crippen molar-refractivity contribution in [2.24, 2.45) is 11.8 Å². The number of carbonyl (C=O) groups is 2. The zero-order chi connectivity index (χ0) is 17.8. The molecular formula is C19H27N3O3. The Labute approximate surface area is 148 Å². The van der Waals surface area contributed by atoms with E-state index < -0.39 is 11.9 Å². The van der Waals surface area contributed by atoms with Gasteiger partial charge in [0.15, 0.2) is 0 Å². The third-order valence-corrected chi connectivity index (χ3v) is 5.47. The molecule has 0 spiro atoms. The van der Waals surface area contributed by atoms with Gasteiger partial charge in [-0.05, 0) is 38.3 Å². The van der Waals surface area contributed by atoms with Crippen LogP contribution in [0, 0.1) is 18.8 Å². The molecule has 2 aliphatic rings. The Kier molecular flexibility index (Phi) is 5.68. The average molecular weight is 345 g/mol. The molecule has 2 fully saturated rings. The normalized spacial score (nSPS) is 25.5. The molecular weight excluding hydrogens is 318 g/mol. The summed E-state index contributed by atoms with van der Waals surface area (Å²) in [6.45, 7) is 3.11. The summed E-state index contributed by atoms with van der Waals surface area (Å²) in [5.74, 6) is -1.66. The van der Waals surface area contributed by atoms with Crippen LogP contribution in [0.25, 0.3) is 0 Å². The molecule has 136 valence electrons. The van der Waals surface area contributed by atoms with Crippen LogP contribution in [0.4, 0.5) is 5.69 Å². The molecule has 0 aromatic carbocycles. The van der Waals surface area contributed by atoms with E-state index in [1.807, 2.05) is 19.1 Å². The fourth-order valence-electron chi connectivity index (χ4n) is 4.03. The van der Waals surface area contributed by atoms with Crippen molar-refractivity contribution >= 4 is 17.6 Å². The number of carboxylic acid groups (broad SMARTS) is 1. The summed E-state index contributed by atoms with van der Waals surface area (Å²) < 4.78 is 0. The van der Waals surface area contributed by atoms with Crippen molar-refractivity contribution in [1.29, 1.82) is 0 Å². The third-order valence-electron chi connectivity index (χ3n) is 5.47. The van der Waals surface area contributed by atoms with Gasteiger partial charge in [-0.3, -0.25) is 19.5 Å². The second kappa shape index (κ2) is 7.95. The summed E-state index contributed by atoms with van der Waals surface area (Å²) in [5.41, 5.74) is 1.56. The lowest BCUT2D eigenvalue weighted by molar-refractivity contribution is -0.145. The Morgan fingerprint density at radius 3 is 2.52 bits per heavy atom. The topological polar surface area (TPSA) is 82.5 Å². The van der Waals surface area contributed by atoms with Crippen molar-refractivity contribution in [2.45, 2.75) is 51.5 Å². The van der Waals surface area contributed by atoms with Gasteiger partial charge in [0.25, 0.3) is 0 Å². The van der Waals surface area contributed by atoms with E-state index in [1.54, 1.807) is 6.20 Å². The number of nitrogens with zero attached hydrogens (tertiary/aromatic N) is 2. The van der Waals surface area contributed by atoms with Gasteiger partial charge in [-0.1, -0.05) is 19.3 Å². The first-order valence-electron chi connectivity index (χ1n) is 9.23. The minimum Gasteiger partial charge on any atom is -0.481 e. The molecule has 1 aromatic rings. The molecule has 6 heteroatoms. The van der Waals surface area contributed by atoms with Crippen LogP contribution >= 0.6 is 0 Å². The highest BCUT2D eigenvalue weighted by Crippen LogP contribution is 2.30. The lowest BCUT2D eigenvalue weighted by Crippen LogP contribution is -2.51. The number of nitrogens with one attached hydrogen (secondary N) is 1. The van der Waals surface area contributed by atoms with E-state index in [9.17, 15) is 14.7 Å². The van der Waals surface area contributed by atoms with Gasteiger partial charge >= 0.3 is 5.97 Å². The number of hydrogen-bond donors (Lipinski definition) is 2. The Balaban J connectivity index is 1.68. The summed E-state index contributed by atoms with van der Waals surface area (Å²) in [7, 11) is 0. The molecule has 1 saturated carbocycles. The molecule has 2 atom stereocenters. The van der Waals surface area contributed by atoms with Crippen LogP contribution in [0.15, 0.2) is 18.3 Å². The maximum atomic E-state index is 12.7. The molecule has 1 saturated heterocycles. The van der Waals surface area contributed by atoms with Crippen molar-refractivity contribution in [1.82, 2.24) is 9.88 Å². The number of aryl methyl sites for hydroxylation is 1. The monoisotopic (exact) mass is 345 g/mol. The highest BCUT2D eigenvalue weighted by atomic mass is 16.4. The third kappa shape index (κ3) is 4.57. The zero-order valence-electron chi connectivity index (χ0n) is 14.8. The van der Waals surface area contributed by atoms with Crippen LogP contribution in [0.2, 0.25) is 0 Å². The number of aliphatic carboxylic acids is 1. The highest BCUT2D eigenvalue weighted by Gasteiger charge is 2.37. The van der Waals surface area contributed by atoms with Gasteiger partial charge in [0.1, 0.15) is 0 Å².